The van der Waals surface area contributed by atoms with Crippen molar-refractivity contribution in [3.8, 4) is 11.4 Å². The number of aromatic amines is 1. The minimum Gasteiger partial charge on any atom is -0.379 e. The van der Waals surface area contributed by atoms with E-state index in [2.05, 4.69) is 15.3 Å². The summed E-state index contributed by atoms with van der Waals surface area (Å²) in [4.78, 5) is 20.0. The predicted molar refractivity (Wildman–Crippen MR) is 93.2 cm³/mol. The maximum absolute atomic E-state index is 12.7. The molecule has 1 aromatic carbocycles. The van der Waals surface area contributed by atoms with Crippen molar-refractivity contribution in [2.75, 3.05) is 19.8 Å². The zero-order valence-electron chi connectivity index (χ0n) is 14.1. The van der Waals surface area contributed by atoms with Crippen LogP contribution in [0, 0.1) is 5.92 Å². The van der Waals surface area contributed by atoms with Crippen molar-refractivity contribution in [3.63, 3.8) is 0 Å². The molecule has 1 aliphatic carbocycles. The second kappa shape index (κ2) is 7.37. The van der Waals surface area contributed by atoms with Gasteiger partial charge in [0.15, 0.2) is 0 Å². The predicted octanol–water partition coefficient (Wildman–Crippen LogP) is 2.39. The number of imidazole rings is 1. The third-order valence-corrected chi connectivity index (χ3v) is 4.76. The van der Waals surface area contributed by atoms with Gasteiger partial charge in [-0.15, -0.1) is 0 Å². The molecule has 2 unspecified atom stereocenters. The van der Waals surface area contributed by atoms with Crippen molar-refractivity contribution in [2.24, 2.45) is 5.92 Å². The van der Waals surface area contributed by atoms with Gasteiger partial charge in [0, 0.05) is 36.7 Å². The van der Waals surface area contributed by atoms with Crippen molar-refractivity contribution in [1.29, 1.82) is 0 Å². The number of hydrogen-bond donors (Lipinski definition) is 2. The Morgan fingerprint density at radius 1 is 1.36 bits per heavy atom. The average Bonchev–Trinajstić information content (AvgIpc) is 3.31. The first-order valence-electron chi connectivity index (χ1n) is 8.89. The van der Waals surface area contributed by atoms with Gasteiger partial charge in [-0.1, -0.05) is 12.1 Å². The van der Waals surface area contributed by atoms with Gasteiger partial charge in [-0.2, -0.15) is 0 Å². The first-order valence-corrected chi connectivity index (χ1v) is 8.89. The normalized spacial score (nSPS) is 23.4. The summed E-state index contributed by atoms with van der Waals surface area (Å²) in [6, 6.07) is 7.48. The minimum absolute atomic E-state index is 0.00716. The maximum Gasteiger partial charge on any atom is 0.251 e. The molecule has 1 amide bonds. The van der Waals surface area contributed by atoms with Crippen LogP contribution in [0.5, 0.6) is 0 Å². The number of nitrogens with zero attached hydrogens (tertiary/aromatic N) is 1. The molecule has 1 aromatic heterocycles. The Kier molecular flexibility index (Phi) is 4.81. The number of amides is 1. The van der Waals surface area contributed by atoms with Gasteiger partial charge in [0.25, 0.3) is 5.91 Å². The first kappa shape index (κ1) is 16.3. The van der Waals surface area contributed by atoms with Gasteiger partial charge in [0.05, 0.1) is 12.6 Å². The van der Waals surface area contributed by atoms with Gasteiger partial charge in [0.2, 0.25) is 0 Å². The number of ether oxygens (including phenoxy) is 2. The molecule has 2 fully saturated rings. The van der Waals surface area contributed by atoms with Crippen molar-refractivity contribution < 1.29 is 14.3 Å². The average molecular weight is 341 g/mol. The molecular formula is C19H23N3O3. The molecule has 1 saturated carbocycles. The molecule has 1 saturated heterocycles. The van der Waals surface area contributed by atoms with Crippen LogP contribution < -0.4 is 5.32 Å². The Labute approximate surface area is 146 Å². The van der Waals surface area contributed by atoms with Crippen LogP contribution in [0.1, 0.15) is 29.6 Å². The first-order chi connectivity index (χ1) is 12.3. The van der Waals surface area contributed by atoms with Crippen LogP contribution in [-0.2, 0) is 9.47 Å². The molecule has 2 N–H and O–H groups in total. The lowest BCUT2D eigenvalue weighted by Gasteiger charge is -2.32. The lowest BCUT2D eigenvalue weighted by molar-refractivity contribution is -0.0697. The lowest BCUT2D eigenvalue weighted by Crippen LogP contribution is -2.50. The van der Waals surface area contributed by atoms with E-state index in [4.69, 9.17) is 9.47 Å². The van der Waals surface area contributed by atoms with E-state index in [-0.39, 0.29) is 18.1 Å². The molecule has 0 spiro atoms. The lowest BCUT2D eigenvalue weighted by atomic mass is 10.0. The Morgan fingerprint density at radius 3 is 3.08 bits per heavy atom. The van der Waals surface area contributed by atoms with E-state index in [0.29, 0.717) is 24.7 Å². The molecule has 2 aliphatic rings. The summed E-state index contributed by atoms with van der Waals surface area (Å²) in [6.07, 6.45) is 6.69. The fourth-order valence-corrected chi connectivity index (χ4v) is 3.07. The van der Waals surface area contributed by atoms with Crippen LogP contribution in [0.25, 0.3) is 11.4 Å². The topological polar surface area (TPSA) is 76.2 Å². The van der Waals surface area contributed by atoms with Crippen LogP contribution in [0.4, 0.5) is 0 Å². The third-order valence-electron chi connectivity index (χ3n) is 4.76. The van der Waals surface area contributed by atoms with Gasteiger partial charge in [-0.25, -0.2) is 4.98 Å². The van der Waals surface area contributed by atoms with E-state index in [1.54, 1.807) is 12.4 Å². The van der Waals surface area contributed by atoms with Crippen LogP contribution in [0.3, 0.4) is 0 Å². The summed E-state index contributed by atoms with van der Waals surface area (Å²) in [5.74, 6) is 1.37. The quantitative estimate of drug-likeness (QED) is 0.846. The van der Waals surface area contributed by atoms with Crippen LogP contribution in [0.15, 0.2) is 36.7 Å². The number of hydrogen-bond acceptors (Lipinski definition) is 4. The van der Waals surface area contributed by atoms with Crippen LogP contribution in [-0.4, -0.2) is 47.8 Å². The summed E-state index contributed by atoms with van der Waals surface area (Å²) < 4.78 is 11.5. The van der Waals surface area contributed by atoms with E-state index in [0.717, 1.165) is 24.4 Å². The highest BCUT2D eigenvalue weighted by atomic mass is 16.5. The number of rotatable bonds is 6. The van der Waals surface area contributed by atoms with Gasteiger partial charge >= 0.3 is 0 Å². The monoisotopic (exact) mass is 341 g/mol. The van der Waals surface area contributed by atoms with Gasteiger partial charge in [-0.05, 0) is 37.3 Å². The summed E-state index contributed by atoms with van der Waals surface area (Å²) >= 11 is 0. The Bertz CT molecular complexity index is 712. The molecule has 6 heteroatoms. The van der Waals surface area contributed by atoms with Gasteiger partial charge in [-0.3, -0.25) is 4.79 Å². The molecule has 132 valence electrons. The zero-order chi connectivity index (χ0) is 17.1. The number of carbonyl (C=O) groups is 1. The number of H-pyrrole nitrogens is 1. The smallest absolute Gasteiger partial charge is 0.251 e. The molecule has 0 bridgehead atoms. The van der Waals surface area contributed by atoms with Gasteiger partial charge in [0.1, 0.15) is 11.9 Å². The maximum atomic E-state index is 12.7. The molecule has 4 rings (SSSR count). The Morgan fingerprint density at radius 2 is 2.28 bits per heavy atom. The van der Waals surface area contributed by atoms with Crippen molar-refractivity contribution in [3.05, 3.63) is 42.2 Å². The van der Waals surface area contributed by atoms with Gasteiger partial charge < -0.3 is 19.8 Å². The highest BCUT2D eigenvalue weighted by Crippen LogP contribution is 2.30. The van der Waals surface area contributed by atoms with E-state index >= 15 is 0 Å². The summed E-state index contributed by atoms with van der Waals surface area (Å²) in [5.41, 5.74) is 1.52. The highest BCUT2D eigenvalue weighted by Gasteiger charge is 2.31. The Hall–Kier alpha value is -2.18. The molecule has 2 atom stereocenters. The van der Waals surface area contributed by atoms with E-state index in [1.807, 2.05) is 24.3 Å². The van der Waals surface area contributed by atoms with E-state index in [1.165, 1.54) is 12.8 Å². The van der Waals surface area contributed by atoms with Crippen molar-refractivity contribution >= 4 is 5.91 Å². The van der Waals surface area contributed by atoms with Crippen molar-refractivity contribution in [2.45, 2.75) is 31.4 Å². The molecule has 2 aromatic rings. The summed E-state index contributed by atoms with van der Waals surface area (Å²) in [7, 11) is 0. The minimum atomic E-state index is -0.0830. The second-order valence-electron chi connectivity index (χ2n) is 6.78. The molecular weight excluding hydrogens is 318 g/mol. The number of carbonyl (C=O) groups excluding carboxylic acids is 1. The molecule has 2 heterocycles. The Balaban J connectivity index is 1.42. The fraction of sp³-hybridized carbons (Fsp3) is 0.474. The summed E-state index contributed by atoms with van der Waals surface area (Å²) in [5, 5.41) is 3.13. The zero-order valence-corrected chi connectivity index (χ0v) is 14.1. The number of benzene rings is 1. The number of nitrogens with one attached hydrogen (secondary N) is 2. The standard InChI is InChI=1S/C19H23N3O3/c23-19(15-3-1-2-14(10-15)18-20-7-8-21-18)22-16-6-9-24-12-17(16)25-11-13-4-5-13/h1-3,7-8,10,13,16-17H,4-6,9,11-12H2,(H,20,21)(H,22,23). The third kappa shape index (κ3) is 4.08. The molecule has 6 nitrogen and oxygen atoms in total. The van der Waals surface area contributed by atoms with E-state index in [9.17, 15) is 4.79 Å². The largest absolute Gasteiger partial charge is 0.379 e. The molecule has 0 radical (unpaired) electrons. The molecule has 25 heavy (non-hydrogen) atoms. The van der Waals surface area contributed by atoms with E-state index < -0.39 is 0 Å². The SMILES string of the molecule is O=C(NC1CCOCC1OCC1CC1)c1cccc(-c2ncc[nH]2)c1. The summed E-state index contributed by atoms with van der Waals surface area (Å²) in [6.45, 7) is 1.97. The van der Waals surface area contributed by atoms with Crippen LogP contribution in [0.2, 0.25) is 0 Å². The fourth-order valence-electron chi connectivity index (χ4n) is 3.07. The highest BCUT2D eigenvalue weighted by molar-refractivity contribution is 5.95. The number of aromatic nitrogens is 2. The molecule has 1 aliphatic heterocycles. The second-order valence-corrected chi connectivity index (χ2v) is 6.78. The van der Waals surface area contributed by atoms with Crippen LogP contribution >= 0.6 is 0 Å². The van der Waals surface area contributed by atoms with Crippen molar-refractivity contribution in [1.82, 2.24) is 15.3 Å².